The average Bonchev–Trinajstić information content (AvgIpc) is 3.27. The molecule has 0 radical (unpaired) electrons. The summed E-state index contributed by atoms with van der Waals surface area (Å²) in [5.74, 6) is 2.26. The van der Waals surface area contributed by atoms with Crippen LogP contribution in [0.1, 0.15) is 41.6 Å². The highest BCUT2D eigenvalue weighted by molar-refractivity contribution is 7.16. The number of benzene rings is 1. The van der Waals surface area contributed by atoms with E-state index in [4.69, 9.17) is 4.74 Å². The number of methoxy groups -OCH3 is 1. The average molecular weight is 357 g/mol. The van der Waals surface area contributed by atoms with Gasteiger partial charge in [-0.1, -0.05) is 29.5 Å². The van der Waals surface area contributed by atoms with E-state index in [1.807, 2.05) is 28.8 Å². The van der Waals surface area contributed by atoms with E-state index in [-0.39, 0.29) is 5.91 Å². The van der Waals surface area contributed by atoms with Gasteiger partial charge in [-0.05, 0) is 30.9 Å². The maximum absolute atomic E-state index is 12.1. The molecule has 25 heavy (non-hydrogen) atoms. The molecule has 4 rings (SSSR count). The van der Waals surface area contributed by atoms with E-state index >= 15 is 0 Å². The third-order valence-corrected chi connectivity index (χ3v) is 5.15. The number of ether oxygens (including phenoxy) is 1. The Balaban J connectivity index is 1.32. The van der Waals surface area contributed by atoms with Crippen molar-refractivity contribution in [2.24, 2.45) is 0 Å². The van der Waals surface area contributed by atoms with Crippen LogP contribution in [0.2, 0.25) is 0 Å². The zero-order valence-electron chi connectivity index (χ0n) is 13.9. The third kappa shape index (κ3) is 3.48. The van der Waals surface area contributed by atoms with Gasteiger partial charge in [0, 0.05) is 12.3 Å². The minimum absolute atomic E-state index is 0.000659. The molecule has 1 amide bonds. The highest BCUT2D eigenvalue weighted by atomic mass is 32.1. The Morgan fingerprint density at radius 1 is 1.36 bits per heavy atom. The summed E-state index contributed by atoms with van der Waals surface area (Å²) in [6, 6.07) is 7.76. The lowest BCUT2D eigenvalue weighted by molar-refractivity contribution is -0.121. The first kappa shape index (κ1) is 16.0. The van der Waals surface area contributed by atoms with E-state index in [1.165, 1.54) is 11.3 Å². The van der Waals surface area contributed by atoms with Crippen LogP contribution in [0.5, 0.6) is 5.75 Å². The molecule has 0 saturated heterocycles. The van der Waals surface area contributed by atoms with Gasteiger partial charge in [0.15, 0.2) is 5.82 Å². The molecule has 0 spiro atoms. The maximum atomic E-state index is 12.1. The van der Waals surface area contributed by atoms with Gasteiger partial charge in [-0.2, -0.15) is 9.61 Å². The molecule has 1 fully saturated rings. The van der Waals surface area contributed by atoms with Crippen molar-refractivity contribution in [3.05, 3.63) is 40.7 Å². The van der Waals surface area contributed by atoms with Gasteiger partial charge in [0.25, 0.3) is 0 Å². The van der Waals surface area contributed by atoms with E-state index in [2.05, 4.69) is 20.6 Å². The number of aromatic nitrogens is 4. The SMILES string of the molecule is COc1ccccc1CCC(=O)NCc1nn2c(C3CC3)nnc2s1. The summed E-state index contributed by atoms with van der Waals surface area (Å²) in [7, 11) is 1.64. The van der Waals surface area contributed by atoms with Gasteiger partial charge < -0.3 is 10.1 Å². The minimum Gasteiger partial charge on any atom is -0.496 e. The first-order valence-electron chi connectivity index (χ1n) is 8.34. The number of hydrogen-bond donors (Lipinski definition) is 1. The summed E-state index contributed by atoms with van der Waals surface area (Å²) in [6.45, 7) is 0.420. The summed E-state index contributed by atoms with van der Waals surface area (Å²) >= 11 is 1.47. The van der Waals surface area contributed by atoms with Crippen molar-refractivity contribution in [1.29, 1.82) is 0 Å². The van der Waals surface area contributed by atoms with Crippen LogP contribution in [-0.4, -0.2) is 32.8 Å². The number of para-hydroxylation sites is 1. The van der Waals surface area contributed by atoms with Crippen LogP contribution in [-0.2, 0) is 17.8 Å². The van der Waals surface area contributed by atoms with Crippen molar-refractivity contribution in [1.82, 2.24) is 25.1 Å². The lowest BCUT2D eigenvalue weighted by Gasteiger charge is -2.08. The number of aryl methyl sites for hydroxylation is 1. The van der Waals surface area contributed by atoms with Gasteiger partial charge in [0.2, 0.25) is 10.9 Å². The molecule has 0 aliphatic heterocycles. The van der Waals surface area contributed by atoms with E-state index in [1.54, 1.807) is 7.11 Å². The first-order chi connectivity index (χ1) is 12.2. The molecule has 0 atom stereocenters. The second kappa shape index (κ2) is 6.79. The largest absolute Gasteiger partial charge is 0.496 e. The monoisotopic (exact) mass is 357 g/mol. The van der Waals surface area contributed by atoms with Crippen LogP contribution < -0.4 is 10.1 Å². The summed E-state index contributed by atoms with van der Waals surface area (Å²) < 4.78 is 7.13. The van der Waals surface area contributed by atoms with Crippen molar-refractivity contribution < 1.29 is 9.53 Å². The number of fused-ring (bicyclic) bond motifs is 1. The number of amides is 1. The Bertz CT molecular complexity index is 899. The van der Waals surface area contributed by atoms with Crippen LogP contribution in [0.25, 0.3) is 4.96 Å². The normalized spacial score (nSPS) is 14.0. The van der Waals surface area contributed by atoms with Crippen molar-refractivity contribution in [2.75, 3.05) is 7.11 Å². The Hall–Kier alpha value is -2.48. The Morgan fingerprint density at radius 2 is 2.20 bits per heavy atom. The van der Waals surface area contributed by atoms with Crippen LogP contribution in [0, 0.1) is 0 Å². The van der Waals surface area contributed by atoms with E-state index in [9.17, 15) is 4.79 Å². The smallest absolute Gasteiger partial charge is 0.234 e. The molecular weight excluding hydrogens is 338 g/mol. The fourth-order valence-electron chi connectivity index (χ4n) is 2.76. The van der Waals surface area contributed by atoms with Crippen molar-refractivity contribution in [2.45, 2.75) is 38.1 Å². The number of carbonyl (C=O) groups excluding carboxylic acids is 1. The zero-order valence-corrected chi connectivity index (χ0v) is 14.8. The number of nitrogens with one attached hydrogen (secondary N) is 1. The zero-order chi connectivity index (χ0) is 17.2. The van der Waals surface area contributed by atoms with Crippen molar-refractivity contribution in [3.63, 3.8) is 0 Å². The quantitative estimate of drug-likeness (QED) is 0.702. The predicted octanol–water partition coefficient (Wildman–Crippen LogP) is 2.32. The first-order valence-corrected chi connectivity index (χ1v) is 9.16. The van der Waals surface area contributed by atoms with Crippen LogP contribution in [0.3, 0.4) is 0 Å². The van der Waals surface area contributed by atoms with Gasteiger partial charge in [0.05, 0.1) is 13.7 Å². The summed E-state index contributed by atoms with van der Waals surface area (Å²) in [4.78, 5) is 12.9. The second-order valence-electron chi connectivity index (χ2n) is 6.11. The molecule has 1 saturated carbocycles. The Labute approximate surface area is 149 Å². The van der Waals surface area contributed by atoms with Crippen LogP contribution in [0.4, 0.5) is 0 Å². The molecule has 2 aromatic heterocycles. The topological polar surface area (TPSA) is 81.4 Å². The van der Waals surface area contributed by atoms with E-state index in [0.717, 1.165) is 39.9 Å². The van der Waals surface area contributed by atoms with Crippen molar-refractivity contribution >= 4 is 22.2 Å². The summed E-state index contributed by atoms with van der Waals surface area (Å²) in [6.07, 6.45) is 3.38. The maximum Gasteiger partial charge on any atom is 0.234 e. The fourth-order valence-corrected chi connectivity index (χ4v) is 3.54. The molecule has 2 heterocycles. The minimum atomic E-state index is -0.000659. The molecule has 0 unspecified atom stereocenters. The van der Waals surface area contributed by atoms with Gasteiger partial charge >= 0.3 is 0 Å². The third-order valence-electron chi connectivity index (χ3n) is 4.25. The predicted molar refractivity (Wildman–Crippen MR) is 93.8 cm³/mol. The van der Waals surface area contributed by atoms with Gasteiger partial charge in [0.1, 0.15) is 10.8 Å². The van der Waals surface area contributed by atoms with Gasteiger partial charge in [-0.15, -0.1) is 10.2 Å². The summed E-state index contributed by atoms with van der Waals surface area (Å²) in [5, 5.41) is 16.7. The molecular formula is C17H19N5O2S. The number of rotatable bonds is 7. The van der Waals surface area contributed by atoms with E-state index < -0.39 is 0 Å². The second-order valence-corrected chi connectivity index (χ2v) is 7.15. The molecule has 0 bridgehead atoms. The summed E-state index contributed by atoms with van der Waals surface area (Å²) in [5.41, 5.74) is 1.04. The highest BCUT2D eigenvalue weighted by Crippen LogP contribution is 2.39. The lowest BCUT2D eigenvalue weighted by Crippen LogP contribution is -2.23. The molecule has 1 aromatic carbocycles. The standard InChI is InChI=1S/C17H19N5O2S/c1-24-13-5-3-2-4-11(13)8-9-14(23)18-10-15-21-22-16(12-6-7-12)19-20-17(22)25-15/h2-5,12H,6-10H2,1H3,(H,18,23). The number of nitrogens with zero attached hydrogens (tertiary/aromatic N) is 4. The fraction of sp³-hybridized carbons (Fsp3) is 0.412. The molecule has 1 N–H and O–H groups in total. The van der Waals surface area contributed by atoms with Gasteiger partial charge in [-0.25, -0.2) is 0 Å². The highest BCUT2D eigenvalue weighted by Gasteiger charge is 2.30. The molecule has 1 aliphatic carbocycles. The number of carbonyl (C=O) groups is 1. The molecule has 8 heteroatoms. The lowest BCUT2D eigenvalue weighted by atomic mass is 10.1. The van der Waals surface area contributed by atoms with Crippen LogP contribution >= 0.6 is 11.3 Å². The van der Waals surface area contributed by atoms with E-state index in [0.29, 0.717) is 25.3 Å². The molecule has 3 aromatic rings. The van der Waals surface area contributed by atoms with Crippen molar-refractivity contribution in [3.8, 4) is 5.75 Å². The Kier molecular flexibility index (Phi) is 4.35. The molecule has 1 aliphatic rings. The Morgan fingerprint density at radius 3 is 3.00 bits per heavy atom. The molecule has 130 valence electrons. The van der Waals surface area contributed by atoms with Gasteiger partial charge in [-0.3, -0.25) is 4.79 Å². The number of hydrogen-bond acceptors (Lipinski definition) is 6. The van der Waals surface area contributed by atoms with Crippen LogP contribution in [0.15, 0.2) is 24.3 Å². The molecule has 7 nitrogen and oxygen atoms in total.